The molecule has 0 amide bonds. The summed E-state index contributed by atoms with van der Waals surface area (Å²) >= 11 is 0. The van der Waals surface area contributed by atoms with Gasteiger partial charge in [-0.1, -0.05) is 56.3 Å². The minimum atomic E-state index is -0.00267. The Bertz CT molecular complexity index is 722. The molecule has 0 bridgehead atoms. The van der Waals surface area contributed by atoms with Crippen molar-refractivity contribution in [2.24, 2.45) is 16.1 Å². The first-order chi connectivity index (χ1) is 12.1. The van der Waals surface area contributed by atoms with Gasteiger partial charge in [-0.2, -0.15) is 0 Å². The second-order valence-electron chi connectivity index (χ2n) is 7.44. The van der Waals surface area contributed by atoms with Crippen LogP contribution >= 0.6 is 0 Å². The molecule has 2 aromatic rings. The second kappa shape index (κ2) is 7.70. The molecule has 0 spiro atoms. The van der Waals surface area contributed by atoms with Crippen LogP contribution in [0.5, 0.6) is 0 Å². The molecule has 25 heavy (non-hydrogen) atoms. The Morgan fingerprint density at radius 1 is 1.08 bits per heavy atom. The summed E-state index contributed by atoms with van der Waals surface area (Å²) in [5, 5.41) is 3.51. The lowest BCUT2D eigenvalue weighted by Crippen LogP contribution is -2.41. The van der Waals surface area contributed by atoms with Gasteiger partial charge in [0.25, 0.3) is 0 Å². The minimum Gasteiger partial charge on any atom is -0.338 e. The van der Waals surface area contributed by atoms with Crippen molar-refractivity contribution in [1.82, 2.24) is 4.90 Å². The van der Waals surface area contributed by atoms with Gasteiger partial charge in [-0.3, -0.25) is 4.99 Å². The third kappa shape index (κ3) is 4.60. The molecule has 0 saturated carbocycles. The van der Waals surface area contributed by atoms with E-state index in [2.05, 4.69) is 60.5 Å². The molecule has 0 atom stereocenters. The Morgan fingerprint density at radius 3 is 2.48 bits per heavy atom. The van der Waals surface area contributed by atoms with E-state index in [-0.39, 0.29) is 5.41 Å². The van der Waals surface area contributed by atoms with Gasteiger partial charge in [-0.05, 0) is 41.6 Å². The molecule has 1 aliphatic heterocycles. The van der Waals surface area contributed by atoms with Gasteiger partial charge in [-0.15, -0.1) is 0 Å². The van der Waals surface area contributed by atoms with Crippen LogP contribution in [0.25, 0.3) is 0 Å². The topological polar surface area (TPSA) is 53.6 Å². The number of nitrogens with zero attached hydrogens (tertiary/aromatic N) is 2. The summed E-state index contributed by atoms with van der Waals surface area (Å²) < 4.78 is 0. The van der Waals surface area contributed by atoms with E-state index in [1.807, 2.05) is 18.2 Å². The molecule has 132 valence electrons. The zero-order valence-electron chi connectivity index (χ0n) is 15.2. The Kier molecular flexibility index (Phi) is 5.39. The van der Waals surface area contributed by atoms with Gasteiger partial charge in [0.05, 0.1) is 0 Å². The number of hydrogen-bond donors (Lipinski definition) is 2. The molecule has 1 aliphatic rings. The maximum atomic E-state index is 5.88. The van der Waals surface area contributed by atoms with Crippen molar-refractivity contribution in [3.8, 4) is 0 Å². The highest BCUT2D eigenvalue weighted by Crippen LogP contribution is 2.20. The van der Waals surface area contributed by atoms with Crippen LogP contribution in [0.1, 0.15) is 25.0 Å². The maximum Gasteiger partial charge on any atom is 0.198 e. The predicted molar refractivity (Wildman–Crippen MR) is 106 cm³/mol. The van der Waals surface area contributed by atoms with Crippen LogP contribution in [0.4, 0.5) is 5.69 Å². The van der Waals surface area contributed by atoms with Gasteiger partial charge in [0.2, 0.25) is 0 Å². The Hall–Kier alpha value is -2.33. The number of aliphatic imine (C=N–C) groups is 1. The van der Waals surface area contributed by atoms with Crippen LogP contribution in [0, 0.1) is 5.41 Å². The van der Waals surface area contributed by atoms with Crippen molar-refractivity contribution < 1.29 is 0 Å². The van der Waals surface area contributed by atoms with E-state index in [4.69, 9.17) is 10.7 Å². The van der Waals surface area contributed by atoms with Crippen molar-refractivity contribution in [3.63, 3.8) is 0 Å². The Morgan fingerprint density at radius 2 is 1.76 bits per heavy atom. The highest BCUT2D eigenvalue weighted by atomic mass is 15.3. The van der Waals surface area contributed by atoms with Crippen LogP contribution in [-0.2, 0) is 13.0 Å². The normalized spacial score (nSPS) is 15.0. The van der Waals surface area contributed by atoms with Crippen molar-refractivity contribution >= 4 is 11.6 Å². The molecule has 0 aromatic heterocycles. The molecule has 4 nitrogen and oxygen atoms in total. The largest absolute Gasteiger partial charge is 0.338 e. The first-order valence-electron chi connectivity index (χ1n) is 8.96. The summed E-state index contributed by atoms with van der Waals surface area (Å²) in [6, 6.07) is 18.9. The standard InChI is InChI=1S/C21H28N4/c1-21(2,15-22)16-23-20(24-19-10-4-3-5-11-19)25-13-12-17-8-6-7-9-18(17)14-25/h3-11H,12-16,22H2,1-2H3,(H,23,24). The van der Waals surface area contributed by atoms with Crippen molar-refractivity contribution in [1.29, 1.82) is 0 Å². The number of nitrogens with one attached hydrogen (secondary N) is 1. The van der Waals surface area contributed by atoms with Crippen LogP contribution in [0.2, 0.25) is 0 Å². The van der Waals surface area contributed by atoms with Gasteiger partial charge >= 0.3 is 0 Å². The lowest BCUT2D eigenvalue weighted by atomic mass is 9.94. The molecular weight excluding hydrogens is 308 g/mol. The summed E-state index contributed by atoms with van der Waals surface area (Å²) in [7, 11) is 0. The molecule has 0 fully saturated rings. The van der Waals surface area contributed by atoms with Crippen LogP contribution in [0.15, 0.2) is 59.6 Å². The summed E-state index contributed by atoms with van der Waals surface area (Å²) in [5.74, 6) is 0.933. The number of anilines is 1. The molecule has 0 saturated heterocycles. The number of fused-ring (bicyclic) bond motifs is 1. The zero-order valence-corrected chi connectivity index (χ0v) is 15.2. The van der Waals surface area contributed by atoms with Crippen molar-refractivity contribution in [2.75, 3.05) is 25.0 Å². The molecule has 3 N–H and O–H groups in total. The van der Waals surface area contributed by atoms with E-state index < -0.39 is 0 Å². The summed E-state index contributed by atoms with van der Waals surface area (Å²) in [4.78, 5) is 7.24. The third-order valence-electron chi connectivity index (χ3n) is 4.67. The van der Waals surface area contributed by atoms with E-state index in [1.165, 1.54) is 11.1 Å². The van der Waals surface area contributed by atoms with Crippen LogP contribution in [-0.4, -0.2) is 30.5 Å². The molecule has 2 aromatic carbocycles. The Balaban J connectivity index is 1.82. The summed E-state index contributed by atoms with van der Waals surface area (Å²) in [5.41, 5.74) is 9.77. The minimum absolute atomic E-state index is 0.00267. The fraction of sp³-hybridized carbons (Fsp3) is 0.381. The summed E-state index contributed by atoms with van der Waals surface area (Å²) in [6.45, 7) is 7.50. The number of para-hydroxylation sites is 1. The summed E-state index contributed by atoms with van der Waals surface area (Å²) in [6.07, 6.45) is 1.05. The fourth-order valence-electron chi connectivity index (χ4n) is 2.90. The highest BCUT2D eigenvalue weighted by Gasteiger charge is 2.21. The number of hydrogen-bond acceptors (Lipinski definition) is 2. The van der Waals surface area contributed by atoms with Gasteiger partial charge < -0.3 is 16.0 Å². The SMILES string of the molecule is CC(C)(CN)CN=C(Nc1ccccc1)N1CCc2ccccc2C1. The Labute approximate surface area is 150 Å². The second-order valence-corrected chi connectivity index (χ2v) is 7.44. The van der Waals surface area contributed by atoms with Crippen LogP contribution in [0.3, 0.4) is 0 Å². The lowest BCUT2D eigenvalue weighted by molar-refractivity contribution is 0.371. The van der Waals surface area contributed by atoms with Gasteiger partial charge in [0.1, 0.15) is 0 Å². The number of benzene rings is 2. The fourth-order valence-corrected chi connectivity index (χ4v) is 2.90. The van der Waals surface area contributed by atoms with Gasteiger partial charge in [0.15, 0.2) is 5.96 Å². The number of rotatable bonds is 4. The molecule has 4 heteroatoms. The molecule has 3 rings (SSSR count). The van der Waals surface area contributed by atoms with E-state index in [1.54, 1.807) is 0 Å². The molecule has 0 unspecified atom stereocenters. The molecule has 0 radical (unpaired) electrons. The molecule has 0 aliphatic carbocycles. The van der Waals surface area contributed by atoms with E-state index in [0.29, 0.717) is 13.1 Å². The predicted octanol–water partition coefficient (Wildman–Crippen LogP) is 3.50. The monoisotopic (exact) mass is 336 g/mol. The first kappa shape index (κ1) is 17.5. The smallest absolute Gasteiger partial charge is 0.198 e. The third-order valence-corrected chi connectivity index (χ3v) is 4.67. The zero-order chi connectivity index (χ0) is 17.7. The van der Waals surface area contributed by atoms with E-state index >= 15 is 0 Å². The van der Waals surface area contributed by atoms with Gasteiger partial charge in [0, 0.05) is 25.3 Å². The highest BCUT2D eigenvalue weighted by molar-refractivity contribution is 5.93. The first-order valence-corrected chi connectivity index (χ1v) is 8.96. The lowest BCUT2D eigenvalue weighted by Gasteiger charge is -2.32. The van der Waals surface area contributed by atoms with Crippen molar-refractivity contribution in [2.45, 2.75) is 26.8 Å². The number of guanidine groups is 1. The van der Waals surface area contributed by atoms with E-state index in [9.17, 15) is 0 Å². The molecular formula is C21H28N4. The maximum absolute atomic E-state index is 5.88. The average molecular weight is 336 g/mol. The van der Waals surface area contributed by atoms with Crippen LogP contribution < -0.4 is 11.1 Å². The van der Waals surface area contributed by atoms with Crippen molar-refractivity contribution in [3.05, 3.63) is 65.7 Å². The van der Waals surface area contributed by atoms with E-state index in [0.717, 1.165) is 31.2 Å². The quantitative estimate of drug-likeness (QED) is 0.664. The molecule has 1 heterocycles. The average Bonchev–Trinajstić information content (AvgIpc) is 2.65. The van der Waals surface area contributed by atoms with Gasteiger partial charge in [-0.25, -0.2) is 0 Å². The number of nitrogens with two attached hydrogens (primary N) is 1.